The van der Waals surface area contributed by atoms with E-state index in [0.717, 1.165) is 13.1 Å². The van der Waals surface area contributed by atoms with Crippen LogP contribution in [0.15, 0.2) is 0 Å². The average molecular weight is 172 g/mol. The van der Waals surface area contributed by atoms with Crippen molar-refractivity contribution in [3.63, 3.8) is 0 Å². The molecule has 0 saturated heterocycles. The van der Waals surface area contributed by atoms with E-state index < -0.39 is 0 Å². The van der Waals surface area contributed by atoms with Crippen LogP contribution in [0.2, 0.25) is 0 Å². The van der Waals surface area contributed by atoms with Crippen LogP contribution in [0.1, 0.15) is 34.1 Å². The first-order valence-corrected chi connectivity index (χ1v) is 4.83. The van der Waals surface area contributed by atoms with E-state index in [1.54, 1.807) is 0 Å². The molecule has 2 heteroatoms. The second-order valence-electron chi connectivity index (χ2n) is 4.54. The molecule has 0 fully saturated rings. The van der Waals surface area contributed by atoms with Crippen molar-refractivity contribution in [2.75, 3.05) is 20.1 Å². The number of hydrogen-bond donors (Lipinski definition) is 1. The Bertz CT molecular complexity index is 121. The van der Waals surface area contributed by atoms with Gasteiger partial charge in [-0.2, -0.15) is 0 Å². The Balaban J connectivity index is 3.90. The van der Waals surface area contributed by atoms with Gasteiger partial charge in [-0.3, -0.25) is 0 Å². The number of nitrogens with zero attached hydrogens (tertiary/aromatic N) is 1. The van der Waals surface area contributed by atoms with Gasteiger partial charge in [-0.25, -0.2) is 0 Å². The van der Waals surface area contributed by atoms with Gasteiger partial charge in [-0.1, -0.05) is 20.8 Å². The molecule has 0 bridgehead atoms. The maximum Gasteiger partial charge on any atom is 0.00614 e. The van der Waals surface area contributed by atoms with Crippen molar-refractivity contribution >= 4 is 0 Å². The Morgan fingerprint density at radius 2 is 1.92 bits per heavy atom. The topological polar surface area (TPSA) is 29.3 Å². The third kappa shape index (κ3) is 4.07. The molecule has 0 spiro atoms. The highest BCUT2D eigenvalue weighted by Gasteiger charge is 2.19. The zero-order valence-corrected chi connectivity index (χ0v) is 9.22. The third-order valence-electron chi connectivity index (χ3n) is 2.57. The van der Waals surface area contributed by atoms with Gasteiger partial charge in [-0.05, 0) is 32.4 Å². The van der Waals surface area contributed by atoms with Gasteiger partial charge in [0, 0.05) is 12.6 Å². The Morgan fingerprint density at radius 1 is 1.42 bits per heavy atom. The van der Waals surface area contributed by atoms with Crippen molar-refractivity contribution in [1.29, 1.82) is 0 Å². The summed E-state index contributed by atoms with van der Waals surface area (Å²) in [6, 6.07) is 0.663. The van der Waals surface area contributed by atoms with Gasteiger partial charge in [0.1, 0.15) is 0 Å². The van der Waals surface area contributed by atoms with Gasteiger partial charge in [-0.15, -0.1) is 0 Å². The molecule has 0 aromatic carbocycles. The van der Waals surface area contributed by atoms with E-state index >= 15 is 0 Å². The summed E-state index contributed by atoms with van der Waals surface area (Å²) < 4.78 is 0. The Labute approximate surface area is 77.1 Å². The summed E-state index contributed by atoms with van der Waals surface area (Å²) in [6.45, 7) is 10.7. The van der Waals surface area contributed by atoms with Gasteiger partial charge >= 0.3 is 0 Å². The largest absolute Gasteiger partial charge is 0.330 e. The Kier molecular flexibility index (Phi) is 4.80. The minimum atomic E-state index is 0.248. The van der Waals surface area contributed by atoms with Crippen molar-refractivity contribution in [2.45, 2.75) is 40.2 Å². The molecule has 0 aliphatic rings. The molecule has 74 valence electrons. The Hall–Kier alpha value is -0.0800. The van der Waals surface area contributed by atoms with E-state index in [1.165, 1.54) is 6.42 Å². The summed E-state index contributed by atoms with van der Waals surface area (Å²) in [5, 5.41) is 0. The van der Waals surface area contributed by atoms with Crippen molar-refractivity contribution in [3.05, 3.63) is 0 Å². The van der Waals surface area contributed by atoms with Crippen molar-refractivity contribution in [1.82, 2.24) is 4.90 Å². The van der Waals surface area contributed by atoms with Crippen LogP contribution in [0.3, 0.4) is 0 Å². The SMILES string of the molecule is CCC(C)N(C)CC(C)(C)CN. The lowest BCUT2D eigenvalue weighted by atomic mass is 9.92. The molecule has 0 aromatic rings. The lowest BCUT2D eigenvalue weighted by molar-refractivity contribution is 0.170. The summed E-state index contributed by atoms with van der Waals surface area (Å²) in [7, 11) is 2.17. The molecule has 1 unspecified atom stereocenters. The second-order valence-corrected chi connectivity index (χ2v) is 4.54. The number of hydrogen-bond acceptors (Lipinski definition) is 2. The van der Waals surface area contributed by atoms with E-state index in [4.69, 9.17) is 5.73 Å². The van der Waals surface area contributed by atoms with Crippen LogP contribution in [0.4, 0.5) is 0 Å². The van der Waals surface area contributed by atoms with Gasteiger partial charge in [0.15, 0.2) is 0 Å². The van der Waals surface area contributed by atoms with Gasteiger partial charge < -0.3 is 10.6 Å². The Morgan fingerprint density at radius 3 is 2.25 bits per heavy atom. The molecule has 0 amide bonds. The number of nitrogens with two attached hydrogens (primary N) is 1. The minimum absolute atomic E-state index is 0.248. The van der Waals surface area contributed by atoms with E-state index in [2.05, 4.69) is 39.6 Å². The maximum absolute atomic E-state index is 5.67. The normalized spacial score (nSPS) is 15.2. The first kappa shape index (κ1) is 11.9. The van der Waals surface area contributed by atoms with Crippen molar-refractivity contribution in [3.8, 4) is 0 Å². The van der Waals surface area contributed by atoms with E-state index in [1.807, 2.05) is 0 Å². The fraction of sp³-hybridized carbons (Fsp3) is 1.00. The summed E-state index contributed by atoms with van der Waals surface area (Å²) >= 11 is 0. The van der Waals surface area contributed by atoms with Crippen LogP contribution in [-0.2, 0) is 0 Å². The highest BCUT2D eigenvalue weighted by molar-refractivity contribution is 4.75. The molecular weight excluding hydrogens is 148 g/mol. The van der Waals surface area contributed by atoms with Gasteiger partial charge in [0.2, 0.25) is 0 Å². The zero-order chi connectivity index (χ0) is 9.78. The van der Waals surface area contributed by atoms with Crippen LogP contribution in [0, 0.1) is 5.41 Å². The zero-order valence-electron chi connectivity index (χ0n) is 9.22. The quantitative estimate of drug-likeness (QED) is 0.684. The molecule has 0 saturated carbocycles. The predicted octanol–water partition coefficient (Wildman–Crippen LogP) is 1.70. The molecule has 2 N–H and O–H groups in total. The second kappa shape index (κ2) is 4.83. The standard InChI is InChI=1S/C10H24N2/c1-6-9(2)12(5)8-10(3,4)7-11/h9H,6-8,11H2,1-5H3. The minimum Gasteiger partial charge on any atom is -0.330 e. The fourth-order valence-electron chi connectivity index (χ4n) is 1.21. The van der Waals surface area contributed by atoms with Gasteiger partial charge in [0.05, 0.1) is 0 Å². The van der Waals surface area contributed by atoms with E-state index in [0.29, 0.717) is 6.04 Å². The summed E-state index contributed by atoms with van der Waals surface area (Å²) in [6.07, 6.45) is 1.21. The average Bonchev–Trinajstić information content (AvgIpc) is 2.02. The molecule has 0 heterocycles. The van der Waals surface area contributed by atoms with E-state index in [9.17, 15) is 0 Å². The molecule has 0 aromatic heterocycles. The monoisotopic (exact) mass is 172 g/mol. The molecule has 12 heavy (non-hydrogen) atoms. The lowest BCUT2D eigenvalue weighted by Gasteiger charge is -2.32. The molecule has 0 radical (unpaired) electrons. The first-order chi connectivity index (χ1) is 5.43. The predicted molar refractivity (Wildman–Crippen MR) is 55.2 cm³/mol. The van der Waals surface area contributed by atoms with Crippen LogP contribution < -0.4 is 5.73 Å². The molecule has 0 aliphatic carbocycles. The van der Waals surface area contributed by atoms with Crippen LogP contribution >= 0.6 is 0 Å². The highest BCUT2D eigenvalue weighted by Crippen LogP contribution is 2.15. The lowest BCUT2D eigenvalue weighted by Crippen LogP contribution is -2.40. The van der Waals surface area contributed by atoms with E-state index in [-0.39, 0.29) is 5.41 Å². The number of rotatable bonds is 5. The highest BCUT2D eigenvalue weighted by atomic mass is 15.1. The van der Waals surface area contributed by atoms with Crippen LogP contribution in [0.25, 0.3) is 0 Å². The van der Waals surface area contributed by atoms with Crippen LogP contribution in [-0.4, -0.2) is 31.1 Å². The van der Waals surface area contributed by atoms with Crippen molar-refractivity contribution < 1.29 is 0 Å². The molecule has 1 atom stereocenters. The molecular formula is C10H24N2. The molecule has 0 rings (SSSR count). The maximum atomic E-state index is 5.67. The summed E-state index contributed by atoms with van der Waals surface area (Å²) in [4.78, 5) is 2.38. The summed E-state index contributed by atoms with van der Waals surface area (Å²) in [5.41, 5.74) is 5.92. The molecule has 0 aliphatic heterocycles. The first-order valence-electron chi connectivity index (χ1n) is 4.83. The van der Waals surface area contributed by atoms with Crippen LogP contribution in [0.5, 0.6) is 0 Å². The molecule has 2 nitrogen and oxygen atoms in total. The fourth-order valence-corrected chi connectivity index (χ4v) is 1.21. The smallest absolute Gasteiger partial charge is 0.00614 e. The summed E-state index contributed by atoms with van der Waals surface area (Å²) in [5.74, 6) is 0. The van der Waals surface area contributed by atoms with Gasteiger partial charge in [0.25, 0.3) is 0 Å². The van der Waals surface area contributed by atoms with Crippen molar-refractivity contribution in [2.24, 2.45) is 11.1 Å². The third-order valence-corrected chi connectivity index (χ3v) is 2.57.